The van der Waals surface area contributed by atoms with Crippen molar-refractivity contribution in [2.45, 2.75) is 13.5 Å². The highest BCUT2D eigenvalue weighted by Crippen LogP contribution is 2.08. The van der Waals surface area contributed by atoms with Crippen molar-refractivity contribution in [3.63, 3.8) is 0 Å². The van der Waals surface area contributed by atoms with Crippen LogP contribution in [0.2, 0.25) is 0 Å². The molecule has 2 heterocycles. The van der Waals surface area contributed by atoms with Crippen molar-refractivity contribution in [3.05, 3.63) is 23.5 Å². The fraction of sp³-hybridized carbons (Fsp3) is 0.545. The molecule has 0 saturated carbocycles. The highest BCUT2D eigenvalue weighted by molar-refractivity contribution is 5.92. The average Bonchev–Trinajstić information content (AvgIpc) is 2.68. The third-order valence-electron chi connectivity index (χ3n) is 2.74. The fourth-order valence-electron chi connectivity index (χ4n) is 1.86. The Hall–Kier alpha value is -1.13. The normalized spacial score (nSPS) is 17.9. The predicted octanol–water partition coefficient (Wildman–Crippen LogP) is 0.622. The summed E-state index contributed by atoms with van der Waals surface area (Å²) in [6.07, 6.45) is 1.93. The zero-order valence-electron chi connectivity index (χ0n) is 9.05. The van der Waals surface area contributed by atoms with Crippen molar-refractivity contribution in [1.29, 1.82) is 0 Å². The van der Waals surface area contributed by atoms with Gasteiger partial charge in [0.15, 0.2) is 5.78 Å². The molecule has 0 spiro atoms. The molecule has 0 aromatic carbocycles. The molecule has 1 aromatic rings. The van der Waals surface area contributed by atoms with Crippen molar-refractivity contribution in [1.82, 2.24) is 15.2 Å². The number of nitrogens with zero attached hydrogens (tertiary/aromatic N) is 1. The minimum atomic E-state index is 0.0987. The summed E-state index contributed by atoms with van der Waals surface area (Å²) in [6, 6.07) is 1.95. The van der Waals surface area contributed by atoms with E-state index < -0.39 is 0 Å². The summed E-state index contributed by atoms with van der Waals surface area (Å²) in [5, 5.41) is 3.32. The minimum absolute atomic E-state index is 0.0987. The smallest absolute Gasteiger partial charge is 0.175 e. The van der Waals surface area contributed by atoms with Gasteiger partial charge in [0.2, 0.25) is 0 Å². The van der Waals surface area contributed by atoms with Gasteiger partial charge in [-0.05, 0) is 11.6 Å². The van der Waals surface area contributed by atoms with Gasteiger partial charge < -0.3 is 10.3 Å². The number of carbonyl (C=O) groups excluding carboxylic acids is 1. The van der Waals surface area contributed by atoms with Crippen LogP contribution in [0.1, 0.15) is 23.0 Å². The predicted molar refractivity (Wildman–Crippen MR) is 58.9 cm³/mol. The minimum Gasteiger partial charge on any atom is -0.358 e. The lowest BCUT2D eigenvalue weighted by Gasteiger charge is -2.26. The Bertz CT molecular complexity index is 339. The number of hydrogen-bond acceptors (Lipinski definition) is 3. The van der Waals surface area contributed by atoms with Gasteiger partial charge in [-0.2, -0.15) is 0 Å². The van der Waals surface area contributed by atoms with E-state index in [0.717, 1.165) is 32.7 Å². The van der Waals surface area contributed by atoms with E-state index in [-0.39, 0.29) is 5.78 Å². The van der Waals surface area contributed by atoms with Crippen LogP contribution in [-0.4, -0.2) is 41.8 Å². The number of ketones is 1. The Morgan fingerprint density at radius 2 is 2.20 bits per heavy atom. The van der Waals surface area contributed by atoms with Gasteiger partial charge in [0.25, 0.3) is 0 Å². The second-order valence-corrected chi connectivity index (χ2v) is 4.00. The third kappa shape index (κ3) is 2.67. The Morgan fingerprint density at radius 3 is 2.80 bits per heavy atom. The lowest BCUT2D eigenvalue weighted by Crippen LogP contribution is -2.42. The molecule has 2 N–H and O–H groups in total. The zero-order chi connectivity index (χ0) is 10.7. The first-order chi connectivity index (χ1) is 7.25. The topological polar surface area (TPSA) is 48.1 Å². The number of H-pyrrole nitrogens is 1. The van der Waals surface area contributed by atoms with Gasteiger partial charge in [-0.3, -0.25) is 9.69 Å². The van der Waals surface area contributed by atoms with E-state index >= 15 is 0 Å². The van der Waals surface area contributed by atoms with E-state index in [1.54, 1.807) is 6.92 Å². The maximum absolute atomic E-state index is 11.1. The second kappa shape index (κ2) is 4.59. The Balaban J connectivity index is 1.94. The lowest BCUT2D eigenvalue weighted by molar-refractivity contribution is 0.101. The lowest BCUT2D eigenvalue weighted by atomic mass is 10.2. The molecule has 82 valence electrons. The molecule has 2 rings (SSSR count). The zero-order valence-corrected chi connectivity index (χ0v) is 9.05. The summed E-state index contributed by atoms with van der Waals surface area (Å²) in [6.45, 7) is 6.81. The van der Waals surface area contributed by atoms with Crippen LogP contribution in [0.15, 0.2) is 12.3 Å². The summed E-state index contributed by atoms with van der Waals surface area (Å²) in [4.78, 5) is 16.5. The van der Waals surface area contributed by atoms with Crippen molar-refractivity contribution >= 4 is 5.78 Å². The van der Waals surface area contributed by atoms with Gasteiger partial charge in [-0.15, -0.1) is 0 Å². The van der Waals surface area contributed by atoms with Crippen molar-refractivity contribution in [2.24, 2.45) is 0 Å². The number of aromatic amines is 1. The van der Waals surface area contributed by atoms with E-state index in [2.05, 4.69) is 15.2 Å². The number of hydrogen-bond donors (Lipinski definition) is 2. The monoisotopic (exact) mass is 207 g/mol. The molecule has 0 radical (unpaired) electrons. The molecule has 1 fully saturated rings. The largest absolute Gasteiger partial charge is 0.358 e. The maximum Gasteiger partial charge on any atom is 0.175 e. The van der Waals surface area contributed by atoms with Crippen LogP contribution < -0.4 is 5.32 Å². The first-order valence-electron chi connectivity index (χ1n) is 5.37. The number of nitrogens with one attached hydrogen (secondary N) is 2. The summed E-state index contributed by atoms with van der Waals surface area (Å²) in [5.41, 5.74) is 1.90. The van der Waals surface area contributed by atoms with Crippen LogP contribution in [0.4, 0.5) is 0 Å². The average molecular weight is 207 g/mol. The molecule has 1 aliphatic heterocycles. The molecule has 1 aliphatic rings. The molecule has 0 bridgehead atoms. The SMILES string of the molecule is CC(=O)c1cc(CN2CCNCC2)c[nH]1. The van der Waals surface area contributed by atoms with Gasteiger partial charge in [0.05, 0.1) is 5.69 Å². The molecule has 15 heavy (non-hydrogen) atoms. The first kappa shape index (κ1) is 10.4. The van der Waals surface area contributed by atoms with Crippen molar-refractivity contribution < 1.29 is 4.79 Å². The quantitative estimate of drug-likeness (QED) is 0.714. The first-order valence-corrected chi connectivity index (χ1v) is 5.37. The highest BCUT2D eigenvalue weighted by atomic mass is 16.1. The molecule has 4 heteroatoms. The maximum atomic E-state index is 11.1. The molecule has 4 nitrogen and oxygen atoms in total. The Kier molecular flexibility index (Phi) is 3.18. The van der Waals surface area contributed by atoms with E-state index in [4.69, 9.17) is 0 Å². The van der Waals surface area contributed by atoms with Crippen LogP contribution in [0.25, 0.3) is 0 Å². The van der Waals surface area contributed by atoms with Gasteiger partial charge in [0, 0.05) is 45.8 Å². The van der Waals surface area contributed by atoms with Gasteiger partial charge in [-0.1, -0.05) is 0 Å². The molecule has 0 aliphatic carbocycles. The van der Waals surface area contributed by atoms with Gasteiger partial charge in [-0.25, -0.2) is 0 Å². The molecular formula is C11H17N3O. The van der Waals surface area contributed by atoms with Crippen LogP contribution in [0.3, 0.4) is 0 Å². The van der Waals surface area contributed by atoms with E-state index in [0.29, 0.717) is 5.69 Å². The number of aromatic nitrogens is 1. The number of Topliss-reactive ketones (excluding diaryl/α,β-unsaturated/α-hetero) is 1. The third-order valence-corrected chi connectivity index (χ3v) is 2.74. The number of carbonyl (C=O) groups is 1. The van der Waals surface area contributed by atoms with Crippen molar-refractivity contribution in [3.8, 4) is 0 Å². The summed E-state index contributed by atoms with van der Waals surface area (Å²) >= 11 is 0. The standard InChI is InChI=1S/C11H17N3O/c1-9(15)11-6-10(7-13-11)8-14-4-2-12-3-5-14/h6-7,12-13H,2-5,8H2,1H3. The van der Waals surface area contributed by atoms with E-state index in [9.17, 15) is 4.79 Å². The molecular weight excluding hydrogens is 190 g/mol. The Labute approximate surface area is 89.7 Å². The van der Waals surface area contributed by atoms with Crippen LogP contribution in [0, 0.1) is 0 Å². The summed E-state index contributed by atoms with van der Waals surface area (Å²) in [7, 11) is 0. The van der Waals surface area contributed by atoms with Crippen LogP contribution >= 0.6 is 0 Å². The fourth-order valence-corrected chi connectivity index (χ4v) is 1.86. The van der Waals surface area contributed by atoms with E-state index in [1.807, 2.05) is 12.3 Å². The van der Waals surface area contributed by atoms with E-state index in [1.165, 1.54) is 5.56 Å². The van der Waals surface area contributed by atoms with Crippen LogP contribution in [0.5, 0.6) is 0 Å². The molecule has 0 amide bonds. The Morgan fingerprint density at radius 1 is 1.47 bits per heavy atom. The number of piperazine rings is 1. The summed E-state index contributed by atoms with van der Waals surface area (Å²) in [5.74, 6) is 0.0987. The molecule has 1 aromatic heterocycles. The second-order valence-electron chi connectivity index (χ2n) is 4.00. The summed E-state index contributed by atoms with van der Waals surface area (Å²) < 4.78 is 0. The number of rotatable bonds is 3. The molecule has 0 atom stereocenters. The molecule has 0 unspecified atom stereocenters. The van der Waals surface area contributed by atoms with Crippen LogP contribution in [-0.2, 0) is 6.54 Å². The van der Waals surface area contributed by atoms with Crippen molar-refractivity contribution in [2.75, 3.05) is 26.2 Å². The van der Waals surface area contributed by atoms with Gasteiger partial charge >= 0.3 is 0 Å². The molecule has 1 saturated heterocycles. The highest BCUT2D eigenvalue weighted by Gasteiger charge is 2.11. The van der Waals surface area contributed by atoms with Gasteiger partial charge in [0.1, 0.15) is 0 Å².